The number of rotatable bonds is 5. The number of ketones is 1. The highest BCUT2D eigenvalue weighted by molar-refractivity contribution is 6.02. The minimum absolute atomic E-state index is 0.211. The molecular weight excluding hydrogens is 368 g/mol. The van der Waals surface area contributed by atoms with Crippen molar-refractivity contribution in [2.24, 2.45) is 0 Å². The SMILES string of the molecule is Cc1cc(C)c(C(=O)[C@@H](O)[C@@H](c2ccccc2)c2c(C)c(C)cc(C)c2C)c(C)c1. The van der Waals surface area contributed by atoms with Crippen LogP contribution >= 0.6 is 0 Å². The Morgan fingerprint density at radius 2 is 1.23 bits per heavy atom. The zero-order valence-electron chi connectivity index (χ0n) is 19.1. The first kappa shape index (κ1) is 22.0. The number of benzene rings is 3. The molecule has 2 heteroatoms. The fourth-order valence-corrected chi connectivity index (χ4v) is 4.75. The van der Waals surface area contributed by atoms with Gasteiger partial charge in [-0.15, -0.1) is 0 Å². The first-order valence-corrected chi connectivity index (χ1v) is 10.6. The molecule has 30 heavy (non-hydrogen) atoms. The summed E-state index contributed by atoms with van der Waals surface area (Å²) < 4.78 is 0. The summed E-state index contributed by atoms with van der Waals surface area (Å²) >= 11 is 0. The lowest BCUT2D eigenvalue weighted by molar-refractivity contribution is 0.0713. The lowest BCUT2D eigenvalue weighted by atomic mass is 9.77. The molecular formula is C28H32O2. The Hall–Kier alpha value is -2.71. The standard InChI is InChI=1S/C28H32O2/c1-16-13-19(4)24(20(5)14-16)27(29)28(30)26(23-11-9-8-10-12-23)25-21(6)17(2)15-18(3)22(25)7/h8-15,26,28,30H,1-7H3/t26-,28-/m0/s1. The number of aliphatic hydroxyl groups excluding tert-OH is 1. The van der Waals surface area contributed by atoms with E-state index in [1.807, 2.05) is 63.2 Å². The second-order valence-corrected chi connectivity index (χ2v) is 8.65. The molecule has 3 aromatic rings. The van der Waals surface area contributed by atoms with Crippen molar-refractivity contribution < 1.29 is 9.90 Å². The number of Topliss-reactive ketones (excluding diaryl/α,β-unsaturated/α-hetero) is 1. The van der Waals surface area contributed by atoms with Crippen LogP contribution in [0.5, 0.6) is 0 Å². The molecule has 0 aliphatic carbocycles. The van der Waals surface area contributed by atoms with E-state index in [1.54, 1.807) is 0 Å². The van der Waals surface area contributed by atoms with E-state index in [0.717, 1.165) is 38.9 Å². The lowest BCUT2D eigenvalue weighted by Crippen LogP contribution is -2.31. The minimum Gasteiger partial charge on any atom is -0.384 e. The molecule has 0 spiro atoms. The summed E-state index contributed by atoms with van der Waals surface area (Å²) in [5.74, 6) is -0.630. The van der Waals surface area contributed by atoms with Crippen LogP contribution in [0.4, 0.5) is 0 Å². The van der Waals surface area contributed by atoms with Gasteiger partial charge >= 0.3 is 0 Å². The van der Waals surface area contributed by atoms with Gasteiger partial charge in [0.05, 0.1) is 0 Å². The van der Waals surface area contributed by atoms with E-state index < -0.39 is 12.0 Å². The van der Waals surface area contributed by atoms with E-state index in [1.165, 1.54) is 11.1 Å². The highest BCUT2D eigenvalue weighted by Gasteiger charge is 2.33. The van der Waals surface area contributed by atoms with Crippen LogP contribution in [0.25, 0.3) is 0 Å². The maximum atomic E-state index is 13.6. The zero-order chi connectivity index (χ0) is 22.2. The molecule has 0 saturated carbocycles. The van der Waals surface area contributed by atoms with Gasteiger partial charge in [-0.25, -0.2) is 0 Å². The normalized spacial score (nSPS) is 13.2. The van der Waals surface area contributed by atoms with Crippen LogP contribution in [-0.2, 0) is 0 Å². The molecule has 0 saturated heterocycles. The highest BCUT2D eigenvalue weighted by atomic mass is 16.3. The number of aliphatic hydroxyl groups is 1. The molecule has 1 N–H and O–H groups in total. The molecule has 0 aromatic heterocycles. The predicted molar refractivity (Wildman–Crippen MR) is 125 cm³/mol. The van der Waals surface area contributed by atoms with Crippen molar-refractivity contribution >= 4 is 5.78 Å². The molecule has 3 aromatic carbocycles. The van der Waals surface area contributed by atoms with Gasteiger partial charge in [0, 0.05) is 11.5 Å². The monoisotopic (exact) mass is 400 g/mol. The van der Waals surface area contributed by atoms with Crippen LogP contribution in [-0.4, -0.2) is 17.0 Å². The number of hydrogen-bond donors (Lipinski definition) is 1. The Morgan fingerprint density at radius 1 is 0.733 bits per heavy atom. The van der Waals surface area contributed by atoms with Gasteiger partial charge in [0.25, 0.3) is 0 Å². The third kappa shape index (κ3) is 3.97. The van der Waals surface area contributed by atoms with E-state index in [9.17, 15) is 9.90 Å². The van der Waals surface area contributed by atoms with Crippen molar-refractivity contribution in [3.8, 4) is 0 Å². The van der Waals surface area contributed by atoms with E-state index in [2.05, 4.69) is 33.8 Å². The van der Waals surface area contributed by atoms with Crippen LogP contribution in [0.1, 0.15) is 66.3 Å². The second kappa shape index (κ2) is 8.57. The Morgan fingerprint density at radius 3 is 1.73 bits per heavy atom. The van der Waals surface area contributed by atoms with Gasteiger partial charge < -0.3 is 5.11 Å². The molecule has 2 nitrogen and oxygen atoms in total. The second-order valence-electron chi connectivity index (χ2n) is 8.65. The molecule has 156 valence electrons. The predicted octanol–water partition coefficient (Wildman–Crippen LogP) is 6.22. The highest BCUT2D eigenvalue weighted by Crippen LogP contribution is 2.37. The van der Waals surface area contributed by atoms with Crippen molar-refractivity contribution in [1.82, 2.24) is 0 Å². The maximum Gasteiger partial charge on any atom is 0.192 e. The van der Waals surface area contributed by atoms with Crippen molar-refractivity contribution in [3.05, 3.63) is 104 Å². The molecule has 2 atom stereocenters. The molecule has 0 amide bonds. The summed E-state index contributed by atoms with van der Waals surface area (Å²) in [6, 6.07) is 16.1. The number of hydrogen-bond acceptors (Lipinski definition) is 2. The molecule has 0 unspecified atom stereocenters. The van der Waals surface area contributed by atoms with Gasteiger partial charge in [-0.2, -0.15) is 0 Å². The third-order valence-electron chi connectivity index (χ3n) is 6.40. The fraction of sp³-hybridized carbons (Fsp3) is 0.321. The molecule has 0 radical (unpaired) electrons. The molecule has 3 rings (SSSR count). The minimum atomic E-state index is -1.16. The van der Waals surface area contributed by atoms with Crippen LogP contribution in [0.15, 0.2) is 48.5 Å². The van der Waals surface area contributed by atoms with Crippen molar-refractivity contribution in [3.63, 3.8) is 0 Å². The quantitative estimate of drug-likeness (QED) is 0.516. The fourth-order valence-electron chi connectivity index (χ4n) is 4.75. The summed E-state index contributed by atoms with van der Waals surface area (Å²) in [4.78, 5) is 13.6. The van der Waals surface area contributed by atoms with Gasteiger partial charge in [0.15, 0.2) is 5.78 Å². The number of aryl methyl sites for hydroxylation is 5. The average molecular weight is 401 g/mol. The third-order valence-corrected chi connectivity index (χ3v) is 6.40. The van der Waals surface area contributed by atoms with Crippen LogP contribution in [0, 0.1) is 48.5 Å². The lowest BCUT2D eigenvalue weighted by Gasteiger charge is -2.29. The van der Waals surface area contributed by atoms with E-state index >= 15 is 0 Å². The summed E-state index contributed by atoms with van der Waals surface area (Å²) in [7, 11) is 0. The maximum absolute atomic E-state index is 13.6. The van der Waals surface area contributed by atoms with Crippen LogP contribution < -0.4 is 0 Å². The van der Waals surface area contributed by atoms with Gasteiger partial charge in [-0.3, -0.25) is 4.79 Å². The molecule has 0 aliphatic heterocycles. The largest absolute Gasteiger partial charge is 0.384 e. The summed E-state index contributed by atoms with van der Waals surface area (Å²) in [5.41, 5.74) is 10.2. The molecule has 0 bridgehead atoms. The number of carbonyl (C=O) groups excluding carboxylic acids is 1. The molecule has 0 heterocycles. The van der Waals surface area contributed by atoms with Crippen LogP contribution in [0.2, 0.25) is 0 Å². The molecule has 0 fully saturated rings. The van der Waals surface area contributed by atoms with Crippen LogP contribution in [0.3, 0.4) is 0 Å². The van der Waals surface area contributed by atoms with Crippen molar-refractivity contribution in [2.75, 3.05) is 0 Å². The number of carbonyl (C=O) groups is 1. The zero-order valence-corrected chi connectivity index (χ0v) is 19.1. The van der Waals surface area contributed by atoms with Gasteiger partial charge in [0.1, 0.15) is 6.10 Å². The van der Waals surface area contributed by atoms with Gasteiger partial charge in [-0.1, -0.05) is 54.1 Å². The Kier molecular flexibility index (Phi) is 6.28. The first-order valence-electron chi connectivity index (χ1n) is 10.6. The van der Waals surface area contributed by atoms with E-state index in [-0.39, 0.29) is 5.78 Å². The first-order chi connectivity index (χ1) is 14.1. The smallest absolute Gasteiger partial charge is 0.192 e. The van der Waals surface area contributed by atoms with Crippen molar-refractivity contribution in [2.45, 2.75) is 60.5 Å². The summed E-state index contributed by atoms with van der Waals surface area (Å²) in [6.45, 7) is 14.3. The Bertz CT molecular complexity index is 1040. The average Bonchev–Trinajstić information content (AvgIpc) is 2.69. The summed E-state index contributed by atoms with van der Waals surface area (Å²) in [6.07, 6.45) is -1.16. The Balaban J connectivity index is 2.22. The van der Waals surface area contributed by atoms with Gasteiger partial charge in [-0.05, 0) is 93.0 Å². The van der Waals surface area contributed by atoms with E-state index in [0.29, 0.717) is 5.56 Å². The van der Waals surface area contributed by atoms with E-state index in [4.69, 9.17) is 0 Å². The summed E-state index contributed by atoms with van der Waals surface area (Å²) in [5, 5.41) is 11.5. The van der Waals surface area contributed by atoms with Crippen molar-refractivity contribution in [1.29, 1.82) is 0 Å². The topological polar surface area (TPSA) is 37.3 Å². The molecule has 0 aliphatic rings. The van der Waals surface area contributed by atoms with Gasteiger partial charge in [0.2, 0.25) is 0 Å². The Labute approximate surface area is 180 Å².